The third-order valence-corrected chi connectivity index (χ3v) is 6.16. The van der Waals surface area contributed by atoms with Crippen LogP contribution >= 0.6 is 0 Å². The van der Waals surface area contributed by atoms with Crippen molar-refractivity contribution in [3.63, 3.8) is 0 Å². The molecule has 9 heteroatoms. The van der Waals surface area contributed by atoms with Crippen LogP contribution in [0, 0.1) is 0 Å². The van der Waals surface area contributed by atoms with Gasteiger partial charge >= 0.3 is 6.61 Å². The van der Waals surface area contributed by atoms with Crippen LogP contribution in [0.1, 0.15) is 33.9 Å². The molecule has 1 saturated heterocycles. The fraction of sp³-hybridized carbons (Fsp3) is 0.478. The van der Waals surface area contributed by atoms with Gasteiger partial charge in [0.1, 0.15) is 42.0 Å². The van der Waals surface area contributed by atoms with Crippen LogP contribution in [0.3, 0.4) is 0 Å². The summed E-state index contributed by atoms with van der Waals surface area (Å²) in [5, 5.41) is 40.2. The number of hydrogen-bond donors (Lipinski definition) is 4. The van der Waals surface area contributed by atoms with E-state index in [9.17, 15) is 29.2 Å². The molecule has 2 aliphatic rings. The second-order valence-corrected chi connectivity index (χ2v) is 8.11. The van der Waals surface area contributed by atoms with Crippen LogP contribution in [0.4, 0.5) is 8.78 Å². The van der Waals surface area contributed by atoms with Gasteiger partial charge in [-0.05, 0) is 41.2 Å². The zero-order valence-corrected chi connectivity index (χ0v) is 17.4. The van der Waals surface area contributed by atoms with Gasteiger partial charge < -0.3 is 34.6 Å². The highest BCUT2D eigenvalue weighted by molar-refractivity contribution is 5.50. The van der Waals surface area contributed by atoms with E-state index < -0.39 is 43.7 Å². The molecule has 0 spiro atoms. The summed E-state index contributed by atoms with van der Waals surface area (Å²) in [6.45, 7) is -3.79. The van der Waals surface area contributed by atoms with Crippen molar-refractivity contribution in [2.45, 2.75) is 56.4 Å². The highest BCUT2D eigenvalue weighted by atomic mass is 19.3. The third kappa shape index (κ3) is 4.31. The van der Waals surface area contributed by atoms with Gasteiger partial charge in [0.2, 0.25) is 0 Å². The lowest BCUT2D eigenvalue weighted by Gasteiger charge is -2.40. The SMILES string of the molecule is COc1cc(OC(F)F)c([C@@H]2O[C@H](CO)[C@@H](O)[C@H](O)[C@H]2O)cc1Cc1ccc2c(c1)CC2. The van der Waals surface area contributed by atoms with Gasteiger partial charge in [0.15, 0.2) is 0 Å². The van der Waals surface area contributed by atoms with E-state index in [-0.39, 0.29) is 11.3 Å². The Morgan fingerprint density at radius 3 is 2.34 bits per heavy atom. The minimum absolute atomic E-state index is 0.0573. The Morgan fingerprint density at radius 2 is 1.75 bits per heavy atom. The summed E-state index contributed by atoms with van der Waals surface area (Å²) in [6.07, 6.45) is -4.86. The summed E-state index contributed by atoms with van der Waals surface area (Å²) < 4.78 is 41.9. The van der Waals surface area contributed by atoms with E-state index in [2.05, 4.69) is 16.9 Å². The number of fused-ring (bicyclic) bond motifs is 1. The molecule has 0 saturated carbocycles. The summed E-state index contributed by atoms with van der Waals surface area (Å²) >= 11 is 0. The van der Waals surface area contributed by atoms with Gasteiger partial charge in [0.05, 0.1) is 13.7 Å². The van der Waals surface area contributed by atoms with Crippen molar-refractivity contribution in [1.29, 1.82) is 0 Å². The lowest BCUT2D eigenvalue weighted by Crippen LogP contribution is -2.55. The predicted octanol–water partition coefficient (Wildman–Crippen LogP) is 1.50. The lowest BCUT2D eigenvalue weighted by atomic mass is 9.85. The number of alkyl halides is 2. The number of methoxy groups -OCH3 is 1. The number of rotatable bonds is 7. The van der Waals surface area contributed by atoms with Crippen LogP contribution in [0.2, 0.25) is 0 Å². The zero-order valence-electron chi connectivity index (χ0n) is 17.4. The number of ether oxygens (including phenoxy) is 3. The Kier molecular flexibility index (Phi) is 6.64. The highest BCUT2D eigenvalue weighted by Gasteiger charge is 2.45. The van der Waals surface area contributed by atoms with Gasteiger partial charge in [-0.1, -0.05) is 18.2 Å². The van der Waals surface area contributed by atoms with E-state index in [0.717, 1.165) is 18.4 Å². The molecule has 0 bridgehead atoms. The molecule has 1 fully saturated rings. The highest BCUT2D eigenvalue weighted by Crippen LogP contribution is 2.41. The molecule has 0 aromatic heterocycles. The van der Waals surface area contributed by atoms with E-state index in [4.69, 9.17) is 9.47 Å². The Labute approximate surface area is 183 Å². The van der Waals surface area contributed by atoms with Crippen molar-refractivity contribution in [2.75, 3.05) is 13.7 Å². The summed E-state index contributed by atoms with van der Waals surface area (Å²) in [5.74, 6) is 0.0266. The molecule has 0 radical (unpaired) electrons. The molecular formula is C23H26F2O7. The van der Waals surface area contributed by atoms with Crippen LogP contribution in [-0.2, 0) is 24.0 Å². The van der Waals surface area contributed by atoms with E-state index in [1.165, 1.54) is 30.4 Å². The first kappa shape index (κ1) is 22.9. The molecule has 4 N–H and O–H groups in total. The number of aliphatic hydroxyl groups is 4. The molecule has 2 aromatic carbocycles. The zero-order chi connectivity index (χ0) is 23.0. The molecule has 2 aromatic rings. The minimum Gasteiger partial charge on any atom is -0.496 e. The smallest absolute Gasteiger partial charge is 0.387 e. The van der Waals surface area contributed by atoms with E-state index in [1.54, 1.807) is 0 Å². The summed E-state index contributed by atoms with van der Waals surface area (Å²) in [6, 6.07) is 8.97. The largest absolute Gasteiger partial charge is 0.496 e. The average Bonchev–Trinajstić information content (AvgIpc) is 2.75. The van der Waals surface area contributed by atoms with Gasteiger partial charge in [-0.2, -0.15) is 8.78 Å². The standard InChI is InChI=1S/C23H26F2O7/c1-30-16-9-17(32-23(24)25)15(22-21(29)20(28)19(27)18(10-26)31-22)8-14(16)7-11-2-3-12-4-5-13(12)6-11/h2-3,6,8-9,18-23,26-29H,4-5,7,10H2,1H3/t18-,19-,20+,21-,22+/m1/s1. The van der Waals surface area contributed by atoms with Crippen molar-refractivity contribution in [2.24, 2.45) is 0 Å². The van der Waals surface area contributed by atoms with Crippen molar-refractivity contribution >= 4 is 0 Å². The maximum absolute atomic E-state index is 13.1. The first-order chi connectivity index (χ1) is 15.3. The van der Waals surface area contributed by atoms with E-state index >= 15 is 0 Å². The van der Waals surface area contributed by atoms with Gasteiger partial charge in [0.25, 0.3) is 0 Å². The Balaban J connectivity index is 1.74. The lowest BCUT2D eigenvalue weighted by molar-refractivity contribution is -0.232. The number of halogens is 2. The fourth-order valence-electron chi connectivity index (χ4n) is 4.31. The van der Waals surface area contributed by atoms with Crippen LogP contribution < -0.4 is 9.47 Å². The number of benzene rings is 2. The molecule has 0 amide bonds. The summed E-state index contributed by atoms with van der Waals surface area (Å²) in [4.78, 5) is 0. The third-order valence-electron chi connectivity index (χ3n) is 6.16. The molecule has 1 aliphatic carbocycles. The number of hydrogen-bond acceptors (Lipinski definition) is 7. The van der Waals surface area contributed by atoms with Crippen molar-refractivity contribution in [3.8, 4) is 11.5 Å². The first-order valence-corrected chi connectivity index (χ1v) is 10.4. The summed E-state index contributed by atoms with van der Waals surface area (Å²) in [5.41, 5.74) is 4.28. The maximum Gasteiger partial charge on any atom is 0.387 e. The molecular weight excluding hydrogens is 426 g/mol. The van der Waals surface area contributed by atoms with Gasteiger partial charge in [-0.15, -0.1) is 0 Å². The van der Waals surface area contributed by atoms with Crippen LogP contribution in [0.15, 0.2) is 30.3 Å². The van der Waals surface area contributed by atoms with Crippen molar-refractivity contribution < 1.29 is 43.4 Å². The van der Waals surface area contributed by atoms with Crippen LogP contribution in [0.25, 0.3) is 0 Å². The van der Waals surface area contributed by atoms with Gasteiger partial charge in [-0.3, -0.25) is 0 Å². The number of aliphatic hydroxyl groups excluding tert-OH is 4. The van der Waals surface area contributed by atoms with Crippen molar-refractivity contribution in [1.82, 2.24) is 0 Å². The monoisotopic (exact) mass is 452 g/mol. The van der Waals surface area contributed by atoms with Gasteiger partial charge in [0, 0.05) is 18.1 Å². The topological polar surface area (TPSA) is 109 Å². The molecule has 4 rings (SSSR count). The number of aryl methyl sites for hydroxylation is 2. The van der Waals surface area contributed by atoms with Crippen LogP contribution in [0.5, 0.6) is 11.5 Å². The molecule has 7 nitrogen and oxygen atoms in total. The van der Waals surface area contributed by atoms with Gasteiger partial charge in [-0.25, -0.2) is 0 Å². The summed E-state index contributed by atoms with van der Waals surface area (Å²) in [7, 11) is 1.41. The minimum atomic E-state index is -3.15. The van der Waals surface area contributed by atoms with E-state index in [0.29, 0.717) is 17.7 Å². The predicted molar refractivity (Wildman–Crippen MR) is 109 cm³/mol. The molecule has 1 heterocycles. The molecule has 32 heavy (non-hydrogen) atoms. The second kappa shape index (κ2) is 9.29. The van der Waals surface area contributed by atoms with E-state index in [1.807, 2.05) is 6.07 Å². The molecule has 174 valence electrons. The second-order valence-electron chi connectivity index (χ2n) is 8.11. The normalized spacial score (nSPS) is 27.1. The quantitative estimate of drug-likeness (QED) is 0.504. The molecule has 5 atom stereocenters. The Morgan fingerprint density at radius 1 is 1.00 bits per heavy atom. The average molecular weight is 452 g/mol. The Bertz CT molecular complexity index is 966. The van der Waals surface area contributed by atoms with Crippen molar-refractivity contribution in [3.05, 3.63) is 58.1 Å². The maximum atomic E-state index is 13.1. The Hall–Kier alpha value is -2.30. The fourth-order valence-corrected chi connectivity index (χ4v) is 4.31. The molecule has 1 aliphatic heterocycles. The van der Waals surface area contributed by atoms with Crippen LogP contribution in [-0.4, -0.2) is 65.2 Å². The first-order valence-electron chi connectivity index (χ1n) is 10.4. The molecule has 0 unspecified atom stereocenters.